The molecule has 1 N–H and O–H groups in total. The number of anilines is 1. The van der Waals surface area contributed by atoms with Gasteiger partial charge in [-0.1, -0.05) is 31.9 Å². The third kappa shape index (κ3) is 4.34. The number of benzene rings is 2. The first-order valence-electron chi connectivity index (χ1n) is 8.39. The number of amides is 4. The molecule has 0 aromatic heterocycles. The Morgan fingerprint density at radius 3 is 2.29 bits per heavy atom. The van der Waals surface area contributed by atoms with E-state index < -0.39 is 17.8 Å². The molecule has 1 aliphatic heterocycles. The first-order chi connectivity index (χ1) is 13.3. The highest BCUT2D eigenvalue weighted by molar-refractivity contribution is 9.10. The number of hydrogen-bond donors (Lipinski definition) is 1. The molecule has 8 heteroatoms. The van der Waals surface area contributed by atoms with Gasteiger partial charge in [0.05, 0.1) is 11.8 Å². The third-order valence-corrected chi connectivity index (χ3v) is 4.84. The van der Waals surface area contributed by atoms with Crippen LogP contribution in [0.5, 0.6) is 5.75 Å². The average molecular weight is 508 g/mol. The van der Waals surface area contributed by atoms with Gasteiger partial charge in [0.25, 0.3) is 11.8 Å². The number of carbonyl (C=O) groups excluding carboxylic acids is 3. The van der Waals surface area contributed by atoms with E-state index in [9.17, 15) is 14.4 Å². The van der Waals surface area contributed by atoms with Crippen molar-refractivity contribution in [3.8, 4) is 5.75 Å². The molecule has 0 radical (unpaired) electrons. The van der Waals surface area contributed by atoms with E-state index in [1.165, 1.54) is 6.08 Å². The van der Waals surface area contributed by atoms with Gasteiger partial charge in [0, 0.05) is 14.5 Å². The van der Waals surface area contributed by atoms with Gasteiger partial charge in [0.2, 0.25) is 0 Å². The minimum absolute atomic E-state index is 0.0879. The Bertz CT molecular complexity index is 984. The lowest BCUT2D eigenvalue weighted by atomic mass is 10.1. The first-order valence-corrected chi connectivity index (χ1v) is 9.98. The molecule has 3 rings (SSSR count). The number of rotatable bonds is 4. The summed E-state index contributed by atoms with van der Waals surface area (Å²) < 4.78 is 7.33. The molecule has 6 nitrogen and oxygen atoms in total. The Balaban J connectivity index is 2.04. The van der Waals surface area contributed by atoms with Crippen LogP contribution in [0.3, 0.4) is 0 Å². The zero-order valence-corrected chi connectivity index (χ0v) is 18.2. The van der Waals surface area contributed by atoms with E-state index in [2.05, 4.69) is 37.2 Å². The van der Waals surface area contributed by atoms with Crippen molar-refractivity contribution >= 4 is 61.5 Å². The summed E-state index contributed by atoms with van der Waals surface area (Å²) in [6.45, 7) is 3.76. The highest BCUT2D eigenvalue weighted by Gasteiger charge is 2.37. The van der Waals surface area contributed by atoms with E-state index in [1.54, 1.807) is 42.5 Å². The Labute approximate surface area is 178 Å². The van der Waals surface area contributed by atoms with Crippen LogP contribution in [-0.4, -0.2) is 23.9 Å². The number of urea groups is 1. The van der Waals surface area contributed by atoms with Crippen LogP contribution in [-0.2, 0) is 9.59 Å². The molecule has 2 aromatic rings. The van der Waals surface area contributed by atoms with Crippen molar-refractivity contribution < 1.29 is 19.1 Å². The molecule has 28 heavy (non-hydrogen) atoms. The Morgan fingerprint density at radius 1 is 1.00 bits per heavy atom. The molecular weight excluding hydrogens is 492 g/mol. The third-order valence-electron chi connectivity index (χ3n) is 3.82. The Kier molecular flexibility index (Phi) is 6.00. The fourth-order valence-corrected chi connectivity index (χ4v) is 3.27. The summed E-state index contributed by atoms with van der Waals surface area (Å²) in [5, 5.41) is 2.21. The SMILES string of the molecule is CC(C)Oc1ccc(Br)cc1/C=C1\C(=O)NC(=O)N(c2ccc(Br)cc2)C1=O. The van der Waals surface area contributed by atoms with Gasteiger partial charge in [-0.2, -0.15) is 0 Å². The summed E-state index contributed by atoms with van der Waals surface area (Å²) in [5.41, 5.74) is 0.748. The van der Waals surface area contributed by atoms with Crippen molar-refractivity contribution in [2.45, 2.75) is 20.0 Å². The van der Waals surface area contributed by atoms with Crippen LogP contribution < -0.4 is 15.0 Å². The monoisotopic (exact) mass is 506 g/mol. The number of hydrogen-bond acceptors (Lipinski definition) is 4. The van der Waals surface area contributed by atoms with E-state index in [1.807, 2.05) is 13.8 Å². The summed E-state index contributed by atoms with van der Waals surface area (Å²) in [6.07, 6.45) is 1.34. The van der Waals surface area contributed by atoms with Gasteiger partial charge in [-0.25, -0.2) is 9.69 Å². The second-order valence-electron chi connectivity index (χ2n) is 6.28. The van der Waals surface area contributed by atoms with Gasteiger partial charge in [-0.05, 0) is 62.4 Å². The zero-order chi connectivity index (χ0) is 20.4. The summed E-state index contributed by atoms with van der Waals surface area (Å²) >= 11 is 6.69. The molecule has 1 heterocycles. The molecule has 0 atom stereocenters. The Morgan fingerprint density at radius 2 is 1.64 bits per heavy atom. The van der Waals surface area contributed by atoms with Crippen LogP contribution in [0.2, 0.25) is 0 Å². The first kappa shape index (κ1) is 20.3. The average Bonchev–Trinajstić information content (AvgIpc) is 2.62. The van der Waals surface area contributed by atoms with Crippen LogP contribution in [0.1, 0.15) is 19.4 Å². The highest BCUT2D eigenvalue weighted by atomic mass is 79.9. The molecule has 1 fully saturated rings. The lowest BCUT2D eigenvalue weighted by Gasteiger charge is -2.26. The normalized spacial score (nSPS) is 16.0. The summed E-state index contributed by atoms with van der Waals surface area (Å²) in [5.74, 6) is -0.927. The number of carbonyl (C=O) groups is 3. The minimum Gasteiger partial charge on any atom is -0.490 e. The maximum Gasteiger partial charge on any atom is 0.335 e. The molecule has 0 saturated carbocycles. The molecule has 1 saturated heterocycles. The lowest BCUT2D eigenvalue weighted by molar-refractivity contribution is -0.122. The standard InChI is InChI=1S/C20H16Br2N2O4/c1-11(2)28-17-8-5-14(22)9-12(17)10-16-18(25)23-20(27)24(19(16)26)15-6-3-13(21)4-7-15/h3-11H,1-2H3,(H,23,25,27)/b16-10+. The summed E-state index contributed by atoms with van der Waals surface area (Å²) in [6, 6.07) is 11.1. The van der Waals surface area contributed by atoms with Crippen LogP contribution in [0.4, 0.5) is 10.5 Å². The van der Waals surface area contributed by atoms with Crippen molar-refractivity contribution in [2.24, 2.45) is 0 Å². The molecular formula is C20H16Br2N2O4. The number of nitrogens with zero attached hydrogens (tertiary/aromatic N) is 1. The second kappa shape index (κ2) is 8.28. The summed E-state index contributed by atoms with van der Waals surface area (Å²) in [4.78, 5) is 38.5. The van der Waals surface area contributed by atoms with Crippen LogP contribution in [0.25, 0.3) is 6.08 Å². The predicted octanol–water partition coefficient (Wildman–Crippen LogP) is 4.67. The Hall–Kier alpha value is -2.45. The van der Waals surface area contributed by atoms with E-state index in [0.717, 1.165) is 13.8 Å². The van der Waals surface area contributed by atoms with E-state index in [-0.39, 0.29) is 11.7 Å². The predicted molar refractivity (Wildman–Crippen MR) is 113 cm³/mol. The molecule has 144 valence electrons. The van der Waals surface area contributed by atoms with E-state index >= 15 is 0 Å². The van der Waals surface area contributed by atoms with Gasteiger partial charge in [-0.15, -0.1) is 0 Å². The van der Waals surface area contributed by atoms with Crippen molar-refractivity contribution in [1.82, 2.24) is 5.32 Å². The van der Waals surface area contributed by atoms with Gasteiger partial charge in [0.1, 0.15) is 11.3 Å². The number of nitrogens with one attached hydrogen (secondary N) is 1. The van der Waals surface area contributed by atoms with E-state index in [0.29, 0.717) is 17.0 Å². The molecule has 0 spiro atoms. The van der Waals surface area contributed by atoms with Crippen LogP contribution in [0, 0.1) is 0 Å². The molecule has 2 aromatic carbocycles. The molecule has 1 aliphatic rings. The fraction of sp³-hybridized carbons (Fsp3) is 0.150. The number of imide groups is 2. The van der Waals surface area contributed by atoms with Crippen molar-refractivity contribution in [3.63, 3.8) is 0 Å². The number of halogens is 2. The second-order valence-corrected chi connectivity index (χ2v) is 8.11. The molecule has 0 aliphatic carbocycles. The molecule has 0 unspecified atom stereocenters. The van der Waals surface area contributed by atoms with Crippen molar-refractivity contribution in [1.29, 1.82) is 0 Å². The van der Waals surface area contributed by atoms with Crippen molar-refractivity contribution in [3.05, 3.63) is 62.5 Å². The van der Waals surface area contributed by atoms with Gasteiger partial charge < -0.3 is 4.74 Å². The topological polar surface area (TPSA) is 75.7 Å². The minimum atomic E-state index is -0.789. The van der Waals surface area contributed by atoms with E-state index in [4.69, 9.17) is 4.74 Å². The maximum absolute atomic E-state index is 13.0. The highest BCUT2D eigenvalue weighted by Crippen LogP contribution is 2.29. The largest absolute Gasteiger partial charge is 0.490 e. The van der Waals surface area contributed by atoms with Gasteiger partial charge in [-0.3, -0.25) is 14.9 Å². The number of barbiturate groups is 1. The lowest BCUT2D eigenvalue weighted by Crippen LogP contribution is -2.54. The summed E-state index contributed by atoms with van der Waals surface area (Å²) in [7, 11) is 0. The van der Waals surface area contributed by atoms with Gasteiger partial charge in [0.15, 0.2) is 0 Å². The zero-order valence-electron chi connectivity index (χ0n) is 15.0. The fourth-order valence-electron chi connectivity index (χ4n) is 2.63. The quantitative estimate of drug-likeness (QED) is 0.482. The smallest absolute Gasteiger partial charge is 0.335 e. The molecule has 0 bridgehead atoms. The number of ether oxygens (including phenoxy) is 1. The van der Waals surface area contributed by atoms with Crippen molar-refractivity contribution in [2.75, 3.05) is 4.90 Å². The molecule has 4 amide bonds. The van der Waals surface area contributed by atoms with Crippen LogP contribution >= 0.6 is 31.9 Å². The maximum atomic E-state index is 13.0. The van der Waals surface area contributed by atoms with Crippen LogP contribution in [0.15, 0.2) is 57.0 Å². The van der Waals surface area contributed by atoms with Gasteiger partial charge >= 0.3 is 6.03 Å².